The third-order valence-corrected chi connectivity index (χ3v) is 5.57. The molecule has 31 heteroatoms. The van der Waals surface area contributed by atoms with Gasteiger partial charge in [0.25, 0.3) is 15.6 Å². The fourth-order valence-corrected chi connectivity index (χ4v) is 3.52. The van der Waals surface area contributed by atoms with Gasteiger partial charge in [-0.15, -0.1) is 0 Å². The van der Waals surface area contributed by atoms with Gasteiger partial charge in [-0.2, -0.15) is 0 Å². The second-order valence-corrected chi connectivity index (χ2v) is 10.6. The molecule has 188 valence electrons. The topological polar surface area (TPSA) is 390 Å². The smallest absolute Gasteiger partial charge is 0.790 e. The van der Waals surface area contributed by atoms with Gasteiger partial charge in [-0.05, 0) is 0 Å². The van der Waals surface area contributed by atoms with Crippen LogP contribution in [0.15, 0.2) is 0 Å². The molecule has 21 nitrogen and oxygen atoms in total. The van der Waals surface area contributed by atoms with Crippen LogP contribution in [-0.4, -0.2) is 29.4 Å². The molecule has 6 N–H and O–H groups in total. The van der Waals surface area contributed by atoms with Crippen LogP contribution in [0.3, 0.4) is 0 Å². The number of phosphoric acid groups is 6. The van der Waals surface area contributed by atoms with Crippen LogP contribution in [0.4, 0.5) is 0 Å². The van der Waals surface area contributed by atoms with Crippen LogP contribution in [-0.2, 0) is 109 Å². The van der Waals surface area contributed by atoms with E-state index in [4.69, 9.17) is 29.4 Å². The Labute approximate surface area is 213 Å². The van der Waals surface area contributed by atoms with Crippen molar-refractivity contribution in [2.75, 3.05) is 0 Å². The van der Waals surface area contributed by atoms with E-state index in [1.165, 1.54) is 0 Å². The van der Waals surface area contributed by atoms with Crippen molar-refractivity contribution in [3.8, 4) is 0 Å². The maximum absolute atomic E-state index is 9.59. The maximum Gasteiger partial charge on any atom is 3.00 e. The standard InChI is InChI=1S/4Fe.3H4O7P2/c;;;;3*1-8(2,3)7-9(4,5)6/h;;;;3*(H2,1,2,3)(H2,4,5,6)/q4*+3;;;/p-6. The summed E-state index contributed by atoms with van der Waals surface area (Å²) in [6.07, 6.45) is 0. The minimum Gasteiger partial charge on any atom is -0.790 e. The van der Waals surface area contributed by atoms with Crippen LogP contribution in [0.1, 0.15) is 0 Å². The van der Waals surface area contributed by atoms with Crippen molar-refractivity contribution < 1.29 is 167 Å². The quantitative estimate of drug-likeness (QED) is 0.109. The molecule has 0 heterocycles. The van der Waals surface area contributed by atoms with Crippen molar-refractivity contribution >= 4 is 46.9 Å². The first-order chi connectivity index (χ1) is 11.1. The van der Waals surface area contributed by atoms with Crippen LogP contribution in [0, 0.1) is 0 Å². The van der Waals surface area contributed by atoms with Gasteiger partial charge in [-0.25, -0.2) is 13.4 Å². The zero-order valence-corrected chi connectivity index (χ0v) is 22.7. The maximum atomic E-state index is 9.59. The fourth-order valence-electron chi connectivity index (χ4n) is 0.391. The van der Waals surface area contributed by atoms with Crippen molar-refractivity contribution in [1.82, 2.24) is 0 Å². The number of hydrogen-bond donors (Lipinski definition) is 6. The monoisotopic (exact) mass is 752 g/mol. The first kappa shape index (κ1) is 50.7. The molecule has 0 amide bonds. The molecule has 0 fully saturated rings. The minimum atomic E-state index is -5.61. The molecule has 0 aliphatic rings. The number of rotatable bonds is 6. The van der Waals surface area contributed by atoms with E-state index in [1.54, 1.807) is 0 Å². The molecule has 0 saturated carbocycles. The summed E-state index contributed by atoms with van der Waals surface area (Å²) < 4.78 is 65.1. The molecule has 2 unspecified atom stereocenters. The Morgan fingerprint density at radius 1 is 0.419 bits per heavy atom. The van der Waals surface area contributed by atoms with Crippen LogP contribution in [0.5, 0.6) is 0 Å². The van der Waals surface area contributed by atoms with E-state index >= 15 is 0 Å². The van der Waals surface area contributed by atoms with E-state index in [0.717, 1.165) is 0 Å². The summed E-state index contributed by atoms with van der Waals surface area (Å²) in [7, 11) is -32.2. The second kappa shape index (κ2) is 19.0. The van der Waals surface area contributed by atoms with E-state index in [2.05, 4.69) is 12.9 Å². The Hall–Kier alpha value is 2.86. The Morgan fingerprint density at radius 3 is 0.613 bits per heavy atom. The van der Waals surface area contributed by atoms with E-state index in [1.807, 2.05) is 0 Å². The Balaban J connectivity index is -0.0000000524. The van der Waals surface area contributed by atoms with Crippen molar-refractivity contribution in [2.45, 2.75) is 0 Å². The van der Waals surface area contributed by atoms with E-state index in [0.29, 0.717) is 0 Å². The molecule has 0 aromatic rings. The van der Waals surface area contributed by atoms with Gasteiger partial charge in [0.15, 0.2) is 0 Å². The van der Waals surface area contributed by atoms with Gasteiger partial charge in [0.05, 0.1) is 15.6 Å². The van der Waals surface area contributed by atoms with Gasteiger partial charge in [0, 0.05) is 0 Å². The van der Waals surface area contributed by atoms with E-state index in [9.17, 15) is 56.8 Å². The Morgan fingerprint density at radius 2 is 0.613 bits per heavy atom. The molecule has 0 aromatic heterocycles. The molecule has 2 atom stereocenters. The van der Waals surface area contributed by atoms with Crippen LogP contribution in [0.2, 0.25) is 0 Å². The van der Waals surface area contributed by atoms with Crippen molar-refractivity contribution in [3.05, 3.63) is 0 Å². The summed E-state index contributed by atoms with van der Waals surface area (Å²) >= 11 is 0. The van der Waals surface area contributed by atoms with Gasteiger partial charge in [0.1, 0.15) is 0 Å². The summed E-state index contributed by atoms with van der Waals surface area (Å²) in [5, 5.41) is 0. The summed E-state index contributed by atoms with van der Waals surface area (Å²) in [5.41, 5.74) is 0. The van der Waals surface area contributed by atoms with E-state index < -0.39 is 46.9 Å². The van der Waals surface area contributed by atoms with Gasteiger partial charge >= 0.3 is 83.9 Å². The molecule has 0 saturated heterocycles. The molecule has 0 aliphatic carbocycles. The fraction of sp³-hybridized carbons (Fsp3) is 0. The molecule has 4 radical (unpaired) electrons. The molecule has 0 bridgehead atoms. The zero-order chi connectivity index (χ0) is 23.1. The van der Waals surface area contributed by atoms with Gasteiger partial charge < -0.3 is 67.9 Å². The Kier molecular flexibility index (Phi) is 31.1. The summed E-state index contributed by atoms with van der Waals surface area (Å²) in [5.74, 6) is 0. The molecule has 31 heavy (non-hydrogen) atoms. The molecular weight excluding hydrogens is 745 g/mol. The van der Waals surface area contributed by atoms with Crippen molar-refractivity contribution in [2.24, 2.45) is 0 Å². The normalized spacial score (nSPS) is 15.1. The van der Waals surface area contributed by atoms with Crippen LogP contribution < -0.4 is 29.4 Å². The third-order valence-electron chi connectivity index (χ3n) is 0.619. The van der Waals surface area contributed by atoms with E-state index in [-0.39, 0.29) is 68.3 Å². The molecule has 0 aliphatic heterocycles. The van der Waals surface area contributed by atoms with Crippen LogP contribution >= 0.6 is 46.9 Å². The van der Waals surface area contributed by atoms with Crippen molar-refractivity contribution in [1.29, 1.82) is 0 Å². The summed E-state index contributed by atoms with van der Waals surface area (Å²) in [4.78, 5) is 102. The first-order valence-electron chi connectivity index (χ1n) is 4.49. The average Bonchev–Trinajstić information content (AvgIpc) is 1.96. The summed E-state index contributed by atoms with van der Waals surface area (Å²) in [6, 6.07) is 0. The first-order valence-corrected chi connectivity index (χ1v) is 13.5. The number of hydrogen-bond acceptors (Lipinski definition) is 15. The average molecular weight is 751 g/mol. The zero-order valence-electron chi connectivity index (χ0n) is 12.9. The molecule has 0 aromatic carbocycles. The van der Waals surface area contributed by atoms with Gasteiger partial charge in [-0.1, -0.05) is 0 Å². The summed E-state index contributed by atoms with van der Waals surface area (Å²) in [6.45, 7) is 0. The molecular formula is H6Fe4O21P6+6. The predicted molar refractivity (Wildman–Crippen MR) is 62.2 cm³/mol. The minimum absolute atomic E-state index is 0. The van der Waals surface area contributed by atoms with Crippen LogP contribution in [0.25, 0.3) is 0 Å². The largest absolute Gasteiger partial charge is 3.00 e. The third kappa shape index (κ3) is 71.9. The van der Waals surface area contributed by atoms with Gasteiger partial charge in [0.2, 0.25) is 0 Å². The molecule has 0 spiro atoms. The Bertz CT molecular complexity index is 559. The predicted octanol–water partition coefficient (Wildman–Crippen LogP) is -6.24. The van der Waals surface area contributed by atoms with Gasteiger partial charge in [-0.3, -0.25) is 17.8 Å². The second-order valence-electron chi connectivity index (χ2n) is 3.06. The molecule has 0 rings (SSSR count). The SMILES string of the molecule is O=P([O-])(O)OP(=O)(O)O.O=P([O-])([O-])OP(=O)(O)O.O=P([O-])([O-])OP(=O)([O-])O.[Fe+3].[Fe+3].[Fe+3].[Fe+3]. The van der Waals surface area contributed by atoms with Crippen molar-refractivity contribution in [3.63, 3.8) is 0 Å².